The van der Waals surface area contributed by atoms with E-state index >= 15 is 0 Å². The Balaban J connectivity index is 1.48. The van der Waals surface area contributed by atoms with E-state index in [1.54, 1.807) is 30.0 Å². The van der Waals surface area contributed by atoms with Gasteiger partial charge in [-0.2, -0.15) is 4.31 Å². The first-order valence-corrected chi connectivity index (χ1v) is 11.2. The first kappa shape index (κ1) is 21.0. The molecule has 3 aromatic rings. The fourth-order valence-corrected chi connectivity index (χ4v) is 5.24. The third-order valence-electron chi connectivity index (χ3n) is 5.52. The van der Waals surface area contributed by atoms with Crippen molar-refractivity contribution >= 4 is 32.4 Å². The highest BCUT2D eigenvalue weighted by molar-refractivity contribution is 7.89. The van der Waals surface area contributed by atoms with Crippen LogP contribution in [-0.2, 0) is 10.0 Å². The predicted octanol–water partition coefficient (Wildman–Crippen LogP) is 3.20. The van der Waals surface area contributed by atoms with Crippen LogP contribution in [0.5, 0.6) is 0 Å². The second-order valence-electron chi connectivity index (χ2n) is 7.46. The minimum atomic E-state index is -3.67. The number of benzene rings is 3. The third-order valence-corrected chi connectivity index (χ3v) is 7.42. The van der Waals surface area contributed by atoms with Crippen LogP contribution in [0.25, 0.3) is 10.8 Å². The number of carbonyl (C=O) groups is 1. The largest absolute Gasteiger partial charge is 0.336 e. The molecule has 0 aromatic heterocycles. The molecule has 0 unspecified atom stereocenters. The summed E-state index contributed by atoms with van der Waals surface area (Å²) in [6.45, 7) is 2.46. The van der Waals surface area contributed by atoms with E-state index in [-0.39, 0.29) is 42.7 Å². The molecule has 31 heavy (non-hydrogen) atoms. The molecule has 3 aromatic carbocycles. The van der Waals surface area contributed by atoms with E-state index in [0.29, 0.717) is 11.1 Å². The van der Waals surface area contributed by atoms with Gasteiger partial charge < -0.3 is 4.90 Å². The van der Waals surface area contributed by atoms with Gasteiger partial charge in [-0.15, -0.1) is 0 Å². The Morgan fingerprint density at radius 3 is 2.26 bits per heavy atom. The van der Waals surface area contributed by atoms with Crippen LogP contribution in [0.1, 0.15) is 15.9 Å². The van der Waals surface area contributed by atoms with Crippen molar-refractivity contribution in [1.82, 2.24) is 9.21 Å². The van der Waals surface area contributed by atoms with E-state index in [9.17, 15) is 23.3 Å². The van der Waals surface area contributed by atoms with Crippen molar-refractivity contribution in [1.29, 1.82) is 0 Å². The molecule has 4 rings (SSSR count). The van der Waals surface area contributed by atoms with Crippen molar-refractivity contribution in [3.8, 4) is 0 Å². The highest BCUT2D eigenvalue weighted by Gasteiger charge is 2.31. The molecule has 160 valence electrons. The Hall–Kier alpha value is -3.30. The highest BCUT2D eigenvalue weighted by Crippen LogP contribution is 2.24. The van der Waals surface area contributed by atoms with Gasteiger partial charge in [0, 0.05) is 43.4 Å². The van der Waals surface area contributed by atoms with Gasteiger partial charge in [-0.05, 0) is 42.0 Å². The van der Waals surface area contributed by atoms with E-state index < -0.39 is 14.9 Å². The molecule has 0 aliphatic carbocycles. The van der Waals surface area contributed by atoms with E-state index in [0.717, 1.165) is 10.8 Å². The number of rotatable bonds is 4. The average molecular weight is 439 g/mol. The van der Waals surface area contributed by atoms with Gasteiger partial charge in [0.1, 0.15) is 0 Å². The van der Waals surface area contributed by atoms with Gasteiger partial charge in [0.05, 0.1) is 9.82 Å². The number of amides is 1. The van der Waals surface area contributed by atoms with Crippen LogP contribution in [0.2, 0.25) is 0 Å². The van der Waals surface area contributed by atoms with Crippen molar-refractivity contribution < 1.29 is 18.1 Å². The van der Waals surface area contributed by atoms with Crippen molar-refractivity contribution in [3.05, 3.63) is 81.9 Å². The Morgan fingerprint density at radius 2 is 1.61 bits per heavy atom. The molecule has 1 aliphatic rings. The summed E-state index contributed by atoms with van der Waals surface area (Å²) < 4.78 is 27.6. The van der Waals surface area contributed by atoms with Crippen LogP contribution >= 0.6 is 0 Å². The lowest BCUT2D eigenvalue weighted by Crippen LogP contribution is -2.50. The van der Waals surface area contributed by atoms with Crippen molar-refractivity contribution in [2.45, 2.75) is 11.8 Å². The molecule has 1 aliphatic heterocycles. The van der Waals surface area contributed by atoms with Crippen molar-refractivity contribution in [2.24, 2.45) is 0 Å². The quantitative estimate of drug-likeness (QED) is 0.459. The molecule has 1 heterocycles. The number of nitrogens with zero attached hydrogens (tertiary/aromatic N) is 3. The zero-order chi connectivity index (χ0) is 22.2. The zero-order valence-electron chi connectivity index (χ0n) is 16.9. The molecule has 1 amide bonds. The lowest BCUT2D eigenvalue weighted by Gasteiger charge is -2.34. The number of fused-ring (bicyclic) bond motifs is 1. The Bertz CT molecular complexity index is 1280. The molecule has 0 spiro atoms. The Morgan fingerprint density at radius 1 is 0.935 bits per heavy atom. The average Bonchev–Trinajstić information content (AvgIpc) is 2.78. The lowest BCUT2D eigenvalue weighted by atomic mass is 10.1. The second kappa shape index (κ2) is 8.09. The third kappa shape index (κ3) is 4.01. The van der Waals surface area contributed by atoms with Crippen LogP contribution < -0.4 is 0 Å². The van der Waals surface area contributed by atoms with Gasteiger partial charge in [0.25, 0.3) is 11.6 Å². The van der Waals surface area contributed by atoms with Gasteiger partial charge in [0.15, 0.2) is 0 Å². The van der Waals surface area contributed by atoms with Gasteiger partial charge in [-0.3, -0.25) is 14.9 Å². The van der Waals surface area contributed by atoms with Crippen molar-refractivity contribution in [3.63, 3.8) is 0 Å². The monoisotopic (exact) mass is 439 g/mol. The number of aryl methyl sites for hydroxylation is 1. The maximum atomic E-state index is 13.1. The normalized spacial score (nSPS) is 15.2. The van der Waals surface area contributed by atoms with E-state index in [2.05, 4.69) is 0 Å². The summed E-state index contributed by atoms with van der Waals surface area (Å²) in [5.41, 5.74) is 0.727. The zero-order valence-corrected chi connectivity index (χ0v) is 17.7. The first-order chi connectivity index (χ1) is 14.8. The molecule has 1 fully saturated rings. The maximum Gasteiger partial charge on any atom is 0.272 e. The van der Waals surface area contributed by atoms with Crippen LogP contribution in [0.3, 0.4) is 0 Å². The van der Waals surface area contributed by atoms with Gasteiger partial charge >= 0.3 is 0 Å². The summed E-state index contributed by atoms with van der Waals surface area (Å²) in [5.74, 6) is -0.263. The van der Waals surface area contributed by atoms with Gasteiger partial charge in [0.2, 0.25) is 10.0 Å². The predicted molar refractivity (Wildman–Crippen MR) is 116 cm³/mol. The molecule has 0 N–H and O–H groups in total. The first-order valence-electron chi connectivity index (χ1n) is 9.80. The number of nitro groups is 1. The molecule has 1 saturated heterocycles. The maximum absolute atomic E-state index is 13.1. The Labute approximate surface area is 179 Å². The number of hydrogen-bond acceptors (Lipinski definition) is 5. The van der Waals surface area contributed by atoms with Gasteiger partial charge in [-0.25, -0.2) is 8.42 Å². The molecule has 9 heteroatoms. The molecular weight excluding hydrogens is 418 g/mol. The van der Waals surface area contributed by atoms with Crippen LogP contribution in [0, 0.1) is 17.0 Å². The van der Waals surface area contributed by atoms with Crippen LogP contribution in [0.15, 0.2) is 65.6 Å². The summed E-state index contributed by atoms with van der Waals surface area (Å²) in [5, 5.41) is 12.8. The van der Waals surface area contributed by atoms with E-state index in [1.807, 2.05) is 24.3 Å². The molecule has 0 radical (unpaired) electrons. The highest BCUT2D eigenvalue weighted by atomic mass is 32.2. The smallest absolute Gasteiger partial charge is 0.272 e. The molecule has 0 bridgehead atoms. The lowest BCUT2D eigenvalue weighted by molar-refractivity contribution is -0.385. The molecular formula is C22H21N3O5S. The molecule has 8 nitrogen and oxygen atoms in total. The number of hydrogen-bond donors (Lipinski definition) is 0. The summed E-state index contributed by atoms with van der Waals surface area (Å²) in [4.78, 5) is 25.1. The molecule has 0 atom stereocenters. The van der Waals surface area contributed by atoms with Crippen molar-refractivity contribution in [2.75, 3.05) is 26.2 Å². The van der Waals surface area contributed by atoms with Crippen LogP contribution in [0.4, 0.5) is 5.69 Å². The number of piperazine rings is 1. The van der Waals surface area contributed by atoms with E-state index in [1.165, 1.54) is 22.5 Å². The Kier molecular flexibility index (Phi) is 5.47. The fourth-order valence-electron chi connectivity index (χ4n) is 3.78. The standard InChI is InChI=1S/C22H21N3O5S/c1-16-14-19(7-9-21(16)25(27)28)22(26)23-10-12-24(13-11-23)31(29,30)20-8-6-17-4-2-3-5-18(17)15-20/h2-9,14-15H,10-13H2,1H3. The fraction of sp³-hybridized carbons (Fsp3) is 0.227. The van der Waals surface area contributed by atoms with E-state index in [4.69, 9.17) is 0 Å². The molecule has 0 saturated carbocycles. The van der Waals surface area contributed by atoms with Crippen LogP contribution in [-0.4, -0.2) is 54.6 Å². The second-order valence-corrected chi connectivity index (χ2v) is 9.40. The topological polar surface area (TPSA) is 101 Å². The minimum absolute atomic E-state index is 0.0390. The number of sulfonamides is 1. The summed E-state index contributed by atoms with van der Waals surface area (Å²) in [6.07, 6.45) is 0. The van der Waals surface area contributed by atoms with Gasteiger partial charge in [-0.1, -0.05) is 30.3 Å². The summed E-state index contributed by atoms with van der Waals surface area (Å²) in [7, 11) is -3.67. The number of carbonyl (C=O) groups excluding carboxylic acids is 1. The minimum Gasteiger partial charge on any atom is -0.336 e. The summed E-state index contributed by atoms with van der Waals surface area (Å²) >= 11 is 0. The summed E-state index contributed by atoms with van der Waals surface area (Å²) in [6, 6.07) is 16.9. The SMILES string of the molecule is Cc1cc(C(=O)N2CCN(S(=O)(=O)c3ccc4ccccc4c3)CC2)ccc1[N+](=O)[O-]. The number of nitro benzene ring substituents is 1.